The molecule has 29 heavy (non-hydrogen) atoms. The summed E-state index contributed by atoms with van der Waals surface area (Å²) in [6.45, 7) is 1.97. The number of rotatable bonds is 8. The van der Waals surface area contributed by atoms with Crippen molar-refractivity contribution in [2.75, 3.05) is 6.54 Å². The fourth-order valence-corrected chi connectivity index (χ4v) is 3.70. The van der Waals surface area contributed by atoms with Crippen LogP contribution in [0.4, 0.5) is 4.79 Å². The Morgan fingerprint density at radius 1 is 1.14 bits per heavy atom. The monoisotopic (exact) mass is 413 g/mol. The van der Waals surface area contributed by atoms with E-state index in [2.05, 4.69) is 10.6 Å². The molecule has 0 bridgehead atoms. The molecule has 7 heteroatoms. The lowest BCUT2D eigenvalue weighted by Crippen LogP contribution is -2.45. The number of unbranched alkanes of at least 4 members (excludes halogenated alkanes) is 1. The molecule has 1 aliphatic rings. The molecule has 0 saturated carbocycles. The van der Waals surface area contributed by atoms with Gasteiger partial charge in [0.2, 0.25) is 5.91 Å². The van der Waals surface area contributed by atoms with Crippen molar-refractivity contribution in [3.63, 3.8) is 0 Å². The predicted octanol–water partition coefficient (Wildman–Crippen LogP) is 3.59. The van der Waals surface area contributed by atoms with Crippen LogP contribution in [0.25, 0.3) is 0 Å². The smallest absolute Gasteiger partial charge is 0.325 e. The molecule has 0 aliphatic carbocycles. The van der Waals surface area contributed by atoms with Gasteiger partial charge in [0.05, 0.1) is 0 Å². The van der Waals surface area contributed by atoms with Gasteiger partial charge in [0.15, 0.2) is 0 Å². The highest BCUT2D eigenvalue weighted by Crippen LogP contribution is 2.34. The summed E-state index contributed by atoms with van der Waals surface area (Å²) in [4.78, 5) is 39.2. The zero-order valence-corrected chi connectivity index (χ0v) is 17.0. The minimum Gasteiger partial charge on any atom is -0.350 e. The molecule has 0 radical (unpaired) electrons. The Balaban J connectivity index is 1.72. The summed E-state index contributed by atoms with van der Waals surface area (Å²) in [6, 6.07) is 15.8. The van der Waals surface area contributed by atoms with E-state index in [1.54, 1.807) is 18.2 Å². The average Bonchev–Trinajstić information content (AvgIpc) is 2.96. The van der Waals surface area contributed by atoms with Gasteiger partial charge in [-0.1, -0.05) is 73.8 Å². The number of carbonyl (C=O) groups is 3. The second kappa shape index (κ2) is 9.09. The molecule has 1 fully saturated rings. The predicted molar refractivity (Wildman–Crippen MR) is 111 cm³/mol. The third-order valence-electron chi connectivity index (χ3n) is 5.03. The van der Waals surface area contributed by atoms with Gasteiger partial charge in [0.25, 0.3) is 5.91 Å². The van der Waals surface area contributed by atoms with Gasteiger partial charge >= 0.3 is 6.03 Å². The van der Waals surface area contributed by atoms with Crippen LogP contribution in [-0.4, -0.2) is 29.3 Å². The van der Waals surface area contributed by atoms with Crippen molar-refractivity contribution in [3.05, 3.63) is 70.7 Å². The standard InChI is InChI=1S/C22H24ClN3O3/c1-2-3-12-22(17-9-5-4-6-10-17)20(28)26(21(29)25-22)15-19(27)24-14-16-8-7-11-18(23)13-16/h4-11,13H,2-3,12,14-15H2,1H3,(H,24,27)(H,25,29). The van der Waals surface area contributed by atoms with Crippen LogP contribution < -0.4 is 10.6 Å². The maximum Gasteiger partial charge on any atom is 0.325 e. The third kappa shape index (κ3) is 4.59. The molecular formula is C22H24ClN3O3. The molecule has 3 rings (SSSR count). The lowest BCUT2D eigenvalue weighted by Gasteiger charge is -2.27. The first-order valence-corrected chi connectivity index (χ1v) is 10.0. The summed E-state index contributed by atoms with van der Waals surface area (Å²) in [5.74, 6) is -0.798. The van der Waals surface area contributed by atoms with Crippen molar-refractivity contribution in [1.82, 2.24) is 15.5 Å². The van der Waals surface area contributed by atoms with Gasteiger partial charge in [0.1, 0.15) is 12.1 Å². The Labute approximate surface area is 175 Å². The van der Waals surface area contributed by atoms with Gasteiger partial charge in [-0.2, -0.15) is 0 Å². The largest absolute Gasteiger partial charge is 0.350 e. The molecule has 152 valence electrons. The summed E-state index contributed by atoms with van der Waals surface area (Å²) < 4.78 is 0. The van der Waals surface area contributed by atoms with E-state index < -0.39 is 17.5 Å². The van der Waals surface area contributed by atoms with Gasteiger partial charge in [-0.3, -0.25) is 14.5 Å². The minimum absolute atomic E-state index is 0.267. The summed E-state index contributed by atoms with van der Waals surface area (Å²) in [6.07, 6.45) is 2.15. The quantitative estimate of drug-likeness (QED) is 0.649. The number of imide groups is 1. The van der Waals surface area contributed by atoms with Crippen LogP contribution in [0.1, 0.15) is 37.3 Å². The molecule has 1 saturated heterocycles. The zero-order chi connectivity index (χ0) is 20.9. The normalized spacial score (nSPS) is 18.6. The van der Waals surface area contributed by atoms with E-state index in [1.807, 2.05) is 43.3 Å². The SMILES string of the molecule is CCCCC1(c2ccccc2)NC(=O)N(CC(=O)NCc2cccc(Cl)c2)C1=O. The lowest BCUT2D eigenvalue weighted by atomic mass is 9.85. The van der Waals surface area contributed by atoms with Crippen LogP contribution >= 0.6 is 11.6 Å². The van der Waals surface area contributed by atoms with E-state index >= 15 is 0 Å². The molecule has 6 nitrogen and oxygen atoms in total. The van der Waals surface area contributed by atoms with Crippen LogP contribution in [0.5, 0.6) is 0 Å². The molecule has 1 atom stereocenters. The van der Waals surface area contributed by atoms with Gasteiger partial charge < -0.3 is 10.6 Å². The molecule has 1 heterocycles. The molecule has 1 unspecified atom stereocenters. The van der Waals surface area contributed by atoms with E-state index in [0.717, 1.165) is 28.9 Å². The van der Waals surface area contributed by atoms with Crippen molar-refractivity contribution >= 4 is 29.4 Å². The Kier molecular flexibility index (Phi) is 6.54. The fraction of sp³-hybridized carbons (Fsp3) is 0.318. The van der Waals surface area contributed by atoms with Crippen molar-refractivity contribution in [2.24, 2.45) is 0 Å². The second-order valence-corrected chi connectivity index (χ2v) is 7.54. The Morgan fingerprint density at radius 2 is 1.90 bits per heavy atom. The van der Waals surface area contributed by atoms with E-state index in [4.69, 9.17) is 11.6 Å². The summed E-state index contributed by atoms with van der Waals surface area (Å²) in [5, 5.41) is 6.16. The summed E-state index contributed by atoms with van der Waals surface area (Å²) >= 11 is 5.95. The molecule has 2 aromatic carbocycles. The number of nitrogens with zero attached hydrogens (tertiary/aromatic N) is 1. The van der Waals surface area contributed by atoms with E-state index in [0.29, 0.717) is 11.4 Å². The average molecular weight is 414 g/mol. The molecule has 4 amide bonds. The van der Waals surface area contributed by atoms with Crippen LogP contribution in [0.3, 0.4) is 0 Å². The minimum atomic E-state index is -1.12. The summed E-state index contributed by atoms with van der Waals surface area (Å²) in [5.41, 5.74) is 0.444. The second-order valence-electron chi connectivity index (χ2n) is 7.10. The van der Waals surface area contributed by atoms with E-state index in [-0.39, 0.29) is 19.0 Å². The number of amides is 4. The summed E-state index contributed by atoms with van der Waals surface area (Å²) in [7, 11) is 0. The maximum absolute atomic E-state index is 13.2. The van der Waals surface area contributed by atoms with Crippen molar-refractivity contribution in [3.8, 4) is 0 Å². The van der Waals surface area contributed by atoms with Crippen LogP contribution in [0, 0.1) is 0 Å². The number of hydrogen-bond acceptors (Lipinski definition) is 3. The molecular weight excluding hydrogens is 390 g/mol. The zero-order valence-electron chi connectivity index (χ0n) is 16.3. The molecule has 1 aliphatic heterocycles. The van der Waals surface area contributed by atoms with Crippen LogP contribution in [-0.2, 0) is 21.7 Å². The molecule has 0 aromatic heterocycles. The maximum atomic E-state index is 13.2. The Hall–Kier alpha value is -2.86. The highest BCUT2D eigenvalue weighted by molar-refractivity contribution is 6.30. The van der Waals surface area contributed by atoms with Gasteiger partial charge in [-0.05, 0) is 29.7 Å². The van der Waals surface area contributed by atoms with Crippen molar-refractivity contribution < 1.29 is 14.4 Å². The topological polar surface area (TPSA) is 78.5 Å². The van der Waals surface area contributed by atoms with Crippen molar-refractivity contribution in [1.29, 1.82) is 0 Å². The molecule has 2 N–H and O–H groups in total. The highest BCUT2D eigenvalue weighted by Gasteiger charge is 2.52. The van der Waals surface area contributed by atoms with Gasteiger partial charge in [-0.25, -0.2) is 4.79 Å². The van der Waals surface area contributed by atoms with Crippen molar-refractivity contribution in [2.45, 2.75) is 38.3 Å². The van der Waals surface area contributed by atoms with Gasteiger partial charge in [0, 0.05) is 11.6 Å². The fourth-order valence-electron chi connectivity index (χ4n) is 3.49. The third-order valence-corrected chi connectivity index (χ3v) is 5.26. The molecule has 2 aromatic rings. The number of hydrogen-bond donors (Lipinski definition) is 2. The Morgan fingerprint density at radius 3 is 2.59 bits per heavy atom. The van der Waals surface area contributed by atoms with Crippen LogP contribution in [0.2, 0.25) is 5.02 Å². The first kappa shape index (κ1) is 20.9. The first-order valence-electron chi connectivity index (χ1n) is 9.67. The van der Waals surface area contributed by atoms with E-state index in [1.165, 1.54) is 0 Å². The van der Waals surface area contributed by atoms with Gasteiger partial charge in [-0.15, -0.1) is 0 Å². The van der Waals surface area contributed by atoms with E-state index in [9.17, 15) is 14.4 Å². The lowest BCUT2D eigenvalue weighted by molar-refractivity contribution is -0.135. The highest BCUT2D eigenvalue weighted by atomic mass is 35.5. The van der Waals surface area contributed by atoms with Crippen LogP contribution in [0.15, 0.2) is 54.6 Å². The number of carbonyl (C=O) groups excluding carboxylic acids is 3. The Bertz CT molecular complexity index is 903. The number of halogens is 1. The number of benzene rings is 2. The first-order chi connectivity index (χ1) is 14.0. The number of urea groups is 1. The molecule has 0 spiro atoms. The number of nitrogens with one attached hydrogen (secondary N) is 2.